The fourth-order valence-electron chi connectivity index (χ4n) is 4.47. The molecule has 3 aromatic rings. The number of halogens is 1. The monoisotopic (exact) mass is 541 g/mol. The highest BCUT2D eigenvalue weighted by Gasteiger charge is 2.28. The Kier molecular flexibility index (Phi) is 8.85. The predicted molar refractivity (Wildman–Crippen MR) is 143 cm³/mol. The Morgan fingerprint density at radius 2 is 1.61 bits per heavy atom. The molecule has 1 fully saturated rings. The summed E-state index contributed by atoms with van der Waals surface area (Å²) < 4.78 is 52.4. The van der Waals surface area contributed by atoms with Gasteiger partial charge in [-0.3, -0.25) is 14.0 Å². The van der Waals surface area contributed by atoms with E-state index < -0.39 is 28.3 Å². The molecule has 0 radical (unpaired) electrons. The van der Waals surface area contributed by atoms with Crippen molar-refractivity contribution in [1.82, 2.24) is 10.2 Å². The van der Waals surface area contributed by atoms with Gasteiger partial charge in [0.25, 0.3) is 10.0 Å². The van der Waals surface area contributed by atoms with Crippen LogP contribution in [0.25, 0.3) is 0 Å². The molecule has 0 aliphatic carbocycles. The van der Waals surface area contributed by atoms with Crippen LogP contribution in [0.2, 0.25) is 0 Å². The van der Waals surface area contributed by atoms with Crippen molar-refractivity contribution in [2.45, 2.75) is 30.8 Å². The number of carbonyl (C=O) groups is 1. The molecule has 38 heavy (non-hydrogen) atoms. The highest BCUT2D eigenvalue weighted by atomic mass is 32.2. The molecule has 0 aromatic heterocycles. The number of benzene rings is 3. The maximum absolute atomic E-state index is 13.7. The van der Waals surface area contributed by atoms with Crippen LogP contribution in [0.15, 0.2) is 71.6 Å². The van der Waals surface area contributed by atoms with E-state index >= 15 is 0 Å². The van der Waals surface area contributed by atoms with Crippen LogP contribution >= 0.6 is 0 Å². The maximum atomic E-state index is 13.7. The SMILES string of the molecule is COc1ccc(S(=O)(=O)N(CC(=O)NCc2ccccc2CN2CCCC2)c2ccc(F)cc2)cc1OC. The minimum Gasteiger partial charge on any atom is -0.493 e. The summed E-state index contributed by atoms with van der Waals surface area (Å²) >= 11 is 0. The highest BCUT2D eigenvalue weighted by Crippen LogP contribution is 2.32. The minimum absolute atomic E-state index is 0.0942. The number of nitrogens with one attached hydrogen (secondary N) is 1. The Labute approximate surface area is 223 Å². The van der Waals surface area contributed by atoms with Gasteiger partial charge in [-0.05, 0) is 73.5 Å². The third-order valence-electron chi connectivity index (χ3n) is 6.53. The van der Waals surface area contributed by atoms with Crippen molar-refractivity contribution in [1.29, 1.82) is 0 Å². The molecule has 0 bridgehead atoms. The summed E-state index contributed by atoms with van der Waals surface area (Å²) in [6, 6.07) is 17.0. The fraction of sp³-hybridized carbons (Fsp3) is 0.321. The number of sulfonamides is 1. The second kappa shape index (κ2) is 12.3. The second-order valence-electron chi connectivity index (χ2n) is 9.03. The number of rotatable bonds is 11. The first-order valence-electron chi connectivity index (χ1n) is 12.4. The first-order valence-corrected chi connectivity index (χ1v) is 13.8. The minimum atomic E-state index is -4.22. The average Bonchev–Trinajstić information content (AvgIpc) is 3.44. The number of likely N-dealkylation sites (tertiary alicyclic amines) is 1. The Balaban J connectivity index is 1.55. The number of nitrogens with zero attached hydrogens (tertiary/aromatic N) is 2. The lowest BCUT2D eigenvalue weighted by Crippen LogP contribution is -2.40. The van der Waals surface area contributed by atoms with Crippen molar-refractivity contribution in [3.8, 4) is 11.5 Å². The summed E-state index contributed by atoms with van der Waals surface area (Å²) in [5, 5.41) is 2.86. The van der Waals surface area contributed by atoms with Crippen molar-refractivity contribution >= 4 is 21.6 Å². The van der Waals surface area contributed by atoms with Gasteiger partial charge in [-0.1, -0.05) is 24.3 Å². The predicted octanol–water partition coefficient (Wildman–Crippen LogP) is 3.95. The molecular formula is C28H32FN3O5S. The van der Waals surface area contributed by atoms with E-state index in [-0.39, 0.29) is 22.9 Å². The zero-order chi connectivity index (χ0) is 27.1. The van der Waals surface area contributed by atoms with Gasteiger partial charge < -0.3 is 14.8 Å². The van der Waals surface area contributed by atoms with E-state index in [0.717, 1.165) is 47.2 Å². The van der Waals surface area contributed by atoms with Gasteiger partial charge in [0.2, 0.25) is 5.91 Å². The second-order valence-corrected chi connectivity index (χ2v) is 10.9. The van der Waals surface area contributed by atoms with Crippen molar-refractivity contribution in [2.24, 2.45) is 0 Å². The molecule has 1 saturated heterocycles. The van der Waals surface area contributed by atoms with Gasteiger partial charge in [0, 0.05) is 19.2 Å². The van der Waals surface area contributed by atoms with Gasteiger partial charge in [0.15, 0.2) is 11.5 Å². The van der Waals surface area contributed by atoms with Crippen molar-refractivity contribution in [2.75, 3.05) is 38.2 Å². The van der Waals surface area contributed by atoms with E-state index in [2.05, 4.69) is 10.2 Å². The lowest BCUT2D eigenvalue weighted by atomic mass is 10.1. The fourth-order valence-corrected chi connectivity index (χ4v) is 5.91. The van der Waals surface area contributed by atoms with E-state index in [1.54, 1.807) is 0 Å². The quantitative estimate of drug-likeness (QED) is 0.396. The molecule has 1 amide bonds. The number of hydrogen-bond acceptors (Lipinski definition) is 6. The van der Waals surface area contributed by atoms with E-state index in [9.17, 15) is 17.6 Å². The Morgan fingerprint density at radius 3 is 2.26 bits per heavy atom. The topological polar surface area (TPSA) is 88.2 Å². The molecule has 0 unspecified atom stereocenters. The summed E-state index contributed by atoms with van der Waals surface area (Å²) in [5.41, 5.74) is 2.26. The first-order chi connectivity index (χ1) is 18.3. The Bertz CT molecular complexity index is 1360. The van der Waals surface area contributed by atoms with Crippen LogP contribution in [0.4, 0.5) is 10.1 Å². The van der Waals surface area contributed by atoms with Crippen molar-refractivity contribution in [3.63, 3.8) is 0 Å². The van der Waals surface area contributed by atoms with Gasteiger partial charge >= 0.3 is 0 Å². The largest absolute Gasteiger partial charge is 0.493 e. The third-order valence-corrected chi connectivity index (χ3v) is 8.30. The molecule has 0 spiro atoms. The first kappa shape index (κ1) is 27.4. The molecule has 0 atom stereocenters. The molecule has 0 saturated carbocycles. The van der Waals surface area contributed by atoms with Gasteiger partial charge in [-0.2, -0.15) is 0 Å². The van der Waals surface area contributed by atoms with Crippen molar-refractivity contribution < 1.29 is 27.1 Å². The smallest absolute Gasteiger partial charge is 0.264 e. The number of methoxy groups -OCH3 is 2. The number of carbonyl (C=O) groups excluding carboxylic acids is 1. The summed E-state index contributed by atoms with van der Waals surface area (Å²) in [6.07, 6.45) is 2.37. The van der Waals surface area contributed by atoms with Gasteiger partial charge in [-0.25, -0.2) is 12.8 Å². The highest BCUT2D eigenvalue weighted by molar-refractivity contribution is 7.92. The maximum Gasteiger partial charge on any atom is 0.264 e. The Hall–Kier alpha value is -3.63. The average molecular weight is 542 g/mol. The molecular weight excluding hydrogens is 509 g/mol. The number of amides is 1. The van der Waals surface area contributed by atoms with Gasteiger partial charge in [0.1, 0.15) is 12.4 Å². The van der Waals surface area contributed by atoms with Crippen LogP contribution in [0.3, 0.4) is 0 Å². The molecule has 1 N–H and O–H groups in total. The normalized spacial score (nSPS) is 13.8. The van der Waals surface area contributed by atoms with E-state index in [1.807, 2.05) is 24.3 Å². The van der Waals surface area contributed by atoms with E-state index in [1.165, 1.54) is 57.4 Å². The molecule has 4 rings (SSSR count). The molecule has 1 heterocycles. The molecule has 1 aliphatic rings. The number of ether oxygens (including phenoxy) is 2. The lowest BCUT2D eigenvalue weighted by Gasteiger charge is -2.25. The Morgan fingerprint density at radius 1 is 0.947 bits per heavy atom. The summed E-state index contributed by atoms with van der Waals surface area (Å²) in [7, 11) is -1.37. The summed E-state index contributed by atoms with van der Waals surface area (Å²) in [4.78, 5) is 15.4. The lowest BCUT2D eigenvalue weighted by molar-refractivity contribution is -0.119. The van der Waals surface area contributed by atoms with Gasteiger partial charge in [-0.15, -0.1) is 0 Å². The molecule has 8 nitrogen and oxygen atoms in total. The van der Waals surface area contributed by atoms with Crippen LogP contribution in [-0.4, -0.2) is 53.1 Å². The zero-order valence-corrected chi connectivity index (χ0v) is 22.3. The van der Waals surface area contributed by atoms with Crippen LogP contribution in [0.1, 0.15) is 24.0 Å². The third kappa shape index (κ3) is 6.43. The summed E-state index contributed by atoms with van der Waals surface area (Å²) in [5.74, 6) is -0.414. The van der Waals surface area contributed by atoms with Crippen LogP contribution in [0, 0.1) is 5.82 Å². The molecule has 202 valence electrons. The van der Waals surface area contributed by atoms with Crippen LogP contribution < -0.4 is 19.1 Å². The van der Waals surface area contributed by atoms with Crippen LogP contribution in [0.5, 0.6) is 11.5 Å². The number of hydrogen-bond donors (Lipinski definition) is 1. The van der Waals surface area contributed by atoms with Crippen molar-refractivity contribution in [3.05, 3.63) is 83.7 Å². The van der Waals surface area contributed by atoms with Gasteiger partial charge in [0.05, 0.1) is 24.8 Å². The molecule has 10 heteroatoms. The summed E-state index contributed by atoms with van der Waals surface area (Å²) in [6.45, 7) is 2.69. The standard InChI is InChI=1S/C28H32FN3O5S/c1-36-26-14-13-25(17-27(26)37-2)38(34,35)32(24-11-9-23(29)10-12-24)20-28(33)30-18-21-7-3-4-8-22(21)19-31-15-5-6-16-31/h3-4,7-14,17H,5-6,15-16,18-20H2,1-2H3,(H,30,33). The number of anilines is 1. The van der Waals surface area contributed by atoms with E-state index in [0.29, 0.717) is 5.75 Å². The zero-order valence-electron chi connectivity index (χ0n) is 21.5. The molecule has 3 aromatic carbocycles. The van der Waals surface area contributed by atoms with Crippen LogP contribution in [-0.2, 0) is 27.9 Å². The molecule has 1 aliphatic heterocycles. The van der Waals surface area contributed by atoms with E-state index in [4.69, 9.17) is 9.47 Å².